The number of hydrogen-bond acceptors (Lipinski definition) is 5. The molecule has 2 N–H and O–H groups in total. The van der Waals surface area contributed by atoms with E-state index >= 15 is 0 Å². The summed E-state index contributed by atoms with van der Waals surface area (Å²) in [5, 5.41) is 16.4. The standard InChI is InChI=1S/C23H28FN3O2/c1-4-15(3)21(25)12-16(5-2)22(26)23(28)19-10-9-18(13-20(19)24)29-14-17-8-6-7-11-27-17/h6-11,13,15-16,25-26H,4-5,12,14H2,1-3H3/t15-,16+/m1/s1. The lowest BCUT2D eigenvalue weighted by molar-refractivity contribution is 0.105. The maximum absolute atomic E-state index is 14.5. The number of nitrogens with zero attached hydrogens (tertiary/aromatic N) is 1. The lowest BCUT2D eigenvalue weighted by atomic mass is 9.86. The molecule has 0 unspecified atom stereocenters. The van der Waals surface area contributed by atoms with Crippen LogP contribution < -0.4 is 4.74 Å². The van der Waals surface area contributed by atoms with Crippen molar-refractivity contribution in [1.29, 1.82) is 10.8 Å². The topological polar surface area (TPSA) is 86.9 Å². The number of hydrogen-bond donors (Lipinski definition) is 2. The van der Waals surface area contributed by atoms with Crippen LogP contribution >= 0.6 is 0 Å². The van der Waals surface area contributed by atoms with Crippen molar-refractivity contribution in [3.05, 3.63) is 59.7 Å². The summed E-state index contributed by atoms with van der Waals surface area (Å²) in [6.45, 7) is 6.04. The van der Waals surface area contributed by atoms with Gasteiger partial charge < -0.3 is 15.6 Å². The van der Waals surface area contributed by atoms with Gasteiger partial charge in [-0.1, -0.05) is 26.8 Å². The zero-order chi connectivity index (χ0) is 21.4. The second-order valence-corrected chi connectivity index (χ2v) is 7.14. The monoisotopic (exact) mass is 397 g/mol. The number of nitrogens with one attached hydrogen (secondary N) is 2. The maximum atomic E-state index is 14.5. The first kappa shape index (κ1) is 22.4. The molecule has 29 heavy (non-hydrogen) atoms. The Bertz CT molecular complexity index is 868. The summed E-state index contributed by atoms with van der Waals surface area (Å²) in [4.78, 5) is 16.8. The number of benzene rings is 1. The highest BCUT2D eigenvalue weighted by Gasteiger charge is 2.25. The highest BCUT2D eigenvalue weighted by molar-refractivity contribution is 6.45. The first-order valence-electron chi connectivity index (χ1n) is 9.90. The van der Waals surface area contributed by atoms with Gasteiger partial charge in [0.1, 0.15) is 18.2 Å². The van der Waals surface area contributed by atoms with Crippen LogP contribution in [0.25, 0.3) is 0 Å². The van der Waals surface area contributed by atoms with Crippen molar-refractivity contribution in [2.45, 2.75) is 46.6 Å². The van der Waals surface area contributed by atoms with Crippen LogP contribution in [0, 0.1) is 28.5 Å². The van der Waals surface area contributed by atoms with Crippen LogP contribution in [0.15, 0.2) is 42.6 Å². The molecule has 0 spiro atoms. The molecular weight excluding hydrogens is 369 g/mol. The van der Waals surface area contributed by atoms with Crippen molar-refractivity contribution < 1.29 is 13.9 Å². The van der Waals surface area contributed by atoms with Gasteiger partial charge in [-0.3, -0.25) is 9.78 Å². The second-order valence-electron chi connectivity index (χ2n) is 7.14. The van der Waals surface area contributed by atoms with Crippen molar-refractivity contribution in [3.63, 3.8) is 0 Å². The molecule has 0 saturated heterocycles. The first-order valence-corrected chi connectivity index (χ1v) is 9.90. The number of ether oxygens (including phenoxy) is 1. The van der Waals surface area contributed by atoms with Gasteiger partial charge in [-0.15, -0.1) is 0 Å². The van der Waals surface area contributed by atoms with E-state index in [4.69, 9.17) is 15.6 Å². The molecule has 0 radical (unpaired) electrons. The van der Waals surface area contributed by atoms with Gasteiger partial charge in [0.15, 0.2) is 0 Å². The third-order valence-electron chi connectivity index (χ3n) is 5.12. The van der Waals surface area contributed by atoms with Crippen molar-refractivity contribution in [3.8, 4) is 5.75 Å². The number of aromatic nitrogens is 1. The van der Waals surface area contributed by atoms with Gasteiger partial charge in [-0.2, -0.15) is 0 Å². The van der Waals surface area contributed by atoms with Crippen LogP contribution in [0.5, 0.6) is 5.75 Å². The molecule has 0 amide bonds. The highest BCUT2D eigenvalue weighted by atomic mass is 19.1. The molecule has 0 aliphatic carbocycles. The smallest absolute Gasteiger partial charge is 0.209 e. The molecule has 0 aliphatic heterocycles. The number of Topliss-reactive ketones (excluding diaryl/α,β-unsaturated/α-hetero) is 1. The second kappa shape index (κ2) is 10.6. The van der Waals surface area contributed by atoms with E-state index < -0.39 is 11.6 Å². The van der Waals surface area contributed by atoms with Crippen LogP contribution in [0.3, 0.4) is 0 Å². The highest BCUT2D eigenvalue weighted by Crippen LogP contribution is 2.22. The SMILES string of the molecule is CC[C@@H](CC(=N)[C@H](C)CC)C(=N)C(=O)c1ccc(OCc2ccccn2)cc1F. The molecule has 0 saturated carbocycles. The molecule has 5 nitrogen and oxygen atoms in total. The minimum Gasteiger partial charge on any atom is -0.487 e. The summed E-state index contributed by atoms with van der Waals surface area (Å²) in [6, 6.07) is 9.47. The van der Waals surface area contributed by atoms with E-state index in [1.165, 1.54) is 12.1 Å². The van der Waals surface area contributed by atoms with E-state index in [9.17, 15) is 9.18 Å². The number of ketones is 1. The largest absolute Gasteiger partial charge is 0.487 e. The fourth-order valence-corrected chi connectivity index (χ4v) is 2.90. The Hall–Kier alpha value is -2.89. The molecule has 6 heteroatoms. The Morgan fingerprint density at radius 1 is 1.17 bits per heavy atom. The van der Waals surface area contributed by atoms with Gasteiger partial charge in [-0.05, 0) is 49.4 Å². The van der Waals surface area contributed by atoms with Gasteiger partial charge in [0.2, 0.25) is 5.78 Å². The predicted octanol–water partition coefficient (Wildman–Crippen LogP) is 5.48. The maximum Gasteiger partial charge on any atom is 0.209 e. The third-order valence-corrected chi connectivity index (χ3v) is 5.12. The Labute approximate surface area is 171 Å². The summed E-state index contributed by atoms with van der Waals surface area (Å²) >= 11 is 0. The van der Waals surface area contributed by atoms with Crippen LogP contribution in [0.1, 0.15) is 56.1 Å². The third kappa shape index (κ3) is 6.04. The van der Waals surface area contributed by atoms with Crippen molar-refractivity contribution in [2.75, 3.05) is 0 Å². The average Bonchev–Trinajstić information content (AvgIpc) is 2.75. The Kier molecular flexibility index (Phi) is 8.19. The minimum absolute atomic E-state index is 0.110. The van der Waals surface area contributed by atoms with Crippen LogP contribution in [-0.4, -0.2) is 22.2 Å². The van der Waals surface area contributed by atoms with E-state index in [0.29, 0.717) is 30.0 Å². The molecule has 1 aromatic heterocycles. The van der Waals surface area contributed by atoms with Gasteiger partial charge >= 0.3 is 0 Å². The Morgan fingerprint density at radius 3 is 2.52 bits per heavy atom. The van der Waals surface area contributed by atoms with Crippen LogP contribution in [0.2, 0.25) is 0 Å². The quantitative estimate of drug-likeness (QED) is 0.388. The zero-order valence-electron chi connectivity index (χ0n) is 17.2. The number of pyridine rings is 1. The molecule has 0 aliphatic rings. The van der Waals surface area contributed by atoms with Gasteiger partial charge in [-0.25, -0.2) is 4.39 Å². The van der Waals surface area contributed by atoms with Gasteiger partial charge in [0.05, 0.1) is 17.0 Å². The summed E-state index contributed by atoms with van der Waals surface area (Å²) in [7, 11) is 0. The van der Waals surface area contributed by atoms with Crippen molar-refractivity contribution >= 4 is 17.2 Å². The fraction of sp³-hybridized carbons (Fsp3) is 0.391. The Balaban J connectivity index is 2.07. The molecule has 2 atom stereocenters. The van der Waals surface area contributed by atoms with E-state index in [0.717, 1.165) is 12.5 Å². The summed E-state index contributed by atoms with van der Waals surface area (Å²) in [5.41, 5.74) is 0.940. The molecule has 154 valence electrons. The number of halogens is 1. The van der Waals surface area contributed by atoms with E-state index in [1.54, 1.807) is 18.3 Å². The predicted molar refractivity (Wildman–Crippen MR) is 113 cm³/mol. The zero-order valence-corrected chi connectivity index (χ0v) is 17.2. The molecule has 1 aromatic carbocycles. The summed E-state index contributed by atoms with van der Waals surface area (Å²) < 4.78 is 20.1. The van der Waals surface area contributed by atoms with E-state index in [2.05, 4.69) is 4.98 Å². The van der Waals surface area contributed by atoms with Crippen molar-refractivity contribution in [2.24, 2.45) is 11.8 Å². The van der Waals surface area contributed by atoms with Crippen molar-refractivity contribution in [1.82, 2.24) is 4.98 Å². The first-order chi connectivity index (χ1) is 13.9. The normalized spacial score (nSPS) is 12.8. The molecule has 0 bridgehead atoms. The molecule has 0 fully saturated rings. The number of carbonyl (C=O) groups is 1. The minimum atomic E-state index is -0.717. The molecule has 2 rings (SSSR count). The summed E-state index contributed by atoms with van der Waals surface area (Å²) in [6.07, 6.45) is 3.39. The summed E-state index contributed by atoms with van der Waals surface area (Å²) in [5.74, 6) is -1.34. The fourth-order valence-electron chi connectivity index (χ4n) is 2.90. The van der Waals surface area contributed by atoms with Crippen LogP contribution in [-0.2, 0) is 6.61 Å². The lowest BCUT2D eigenvalue weighted by Crippen LogP contribution is -2.27. The number of rotatable bonds is 11. The van der Waals surface area contributed by atoms with Gasteiger partial charge in [0.25, 0.3) is 0 Å². The Morgan fingerprint density at radius 2 is 1.93 bits per heavy atom. The van der Waals surface area contributed by atoms with E-state index in [1.807, 2.05) is 26.8 Å². The lowest BCUT2D eigenvalue weighted by Gasteiger charge is -2.19. The van der Waals surface area contributed by atoms with E-state index in [-0.39, 0.29) is 29.7 Å². The molecule has 1 heterocycles. The van der Waals surface area contributed by atoms with Crippen LogP contribution in [0.4, 0.5) is 4.39 Å². The molecule has 2 aromatic rings. The van der Waals surface area contributed by atoms with Gasteiger partial charge in [0, 0.05) is 23.9 Å². The average molecular weight is 397 g/mol. The molecular formula is C23H28FN3O2. The number of carbonyl (C=O) groups excluding carboxylic acids is 1.